The lowest BCUT2D eigenvalue weighted by atomic mass is 10.1. The highest BCUT2D eigenvalue weighted by Crippen LogP contribution is 2.40. The maximum atomic E-state index is 13.8. The van der Waals surface area contributed by atoms with Crippen molar-refractivity contribution < 1.29 is 18.7 Å². The molecule has 1 amide bonds. The summed E-state index contributed by atoms with van der Waals surface area (Å²) in [6.07, 6.45) is 7.62. The third-order valence-corrected chi connectivity index (χ3v) is 10.4. The molecule has 1 aliphatic heterocycles. The monoisotopic (exact) mass is 643 g/mol. The minimum absolute atomic E-state index is 0.00115. The predicted octanol–water partition coefficient (Wildman–Crippen LogP) is 5.80. The fourth-order valence-electron chi connectivity index (χ4n) is 7.67. The van der Waals surface area contributed by atoms with Crippen molar-refractivity contribution in [3.63, 3.8) is 0 Å². The van der Waals surface area contributed by atoms with Crippen molar-refractivity contribution in [1.29, 1.82) is 0 Å². The Labute approximate surface area is 277 Å². The highest BCUT2D eigenvalue weighted by atomic mass is 16.5. The van der Waals surface area contributed by atoms with Gasteiger partial charge in [-0.05, 0) is 92.1 Å². The van der Waals surface area contributed by atoms with Gasteiger partial charge < -0.3 is 33.7 Å². The fourth-order valence-corrected chi connectivity index (χ4v) is 7.67. The van der Waals surface area contributed by atoms with Crippen LogP contribution in [0.3, 0.4) is 0 Å². The molecule has 6 aromatic rings. The molecule has 0 radical (unpaired) electrons. The molecule has 3 atom stereocenters. The molecule has 2 saturated carbocycles. The van der Waals surface area contributed by atoms with Crippen molar-refractivity contribution in [2.24, 2.45) is 24.6 Å². The summed E-state index contributed by atoms with van der Waals surface area (Å²) in [6.45, 7) is 1.86. The molecule has 11 heteroatoms. The number of oxazole rings is 1. The van der Waals surface area contributed by atoms with Gasteiger partial charge in [-0.15, -0.1) is 0 Å². The minimum Gasteiger partial charge on any atom is -0.494 e. The Morgan fingerprint density at radius 3 is 2.60 bits per heavy atom. The smallest absolute Gasteiger partial charge is 0.254 e. The van der Waals surface area contributed by atoms with E-state index in [1.807, 2.05) is 48.3 Å². The number of rotatable bonds is 9. The molecule has 244 valence electrons. The molecular formula is C37H37N7O4. The van der Waals surface area contributed by atoms with Crippen LogP contribution in [0.1, 0.15) is 41.9 Å². The van der Waals surface area contributed by atoms with E-state index in [1.165, 1.54) is 19.1 Å². The molecule has 5 heterocycles. The normalized spacial score (nSPS) is 20.3. The molecule has 1 saturated heterocycles. The summed E-state index contributed by atoms with van der Waals surface area (Å²) in [7, 11) is 3.66. The van der Waals surface area contributed by atoms with Gasteiger partial charge in [-0.3, -0.25) is 4.79 Å². The number of aryl methyl sites for hydroxylation is 1. The summed E-state index contributed by atoms with van der Waals surface area (Å²) in [4.78, 5) is 30.2. The van der Waals surface area contributed by atoms with Crippen molar-refractivity contribution in [2.75, 3.05) is 13.7 Å². The van der Waals surface area contributed by atoms with Gasteiger partial charge in [-0.1, -0.05) is 0 Å². The zero-order valence-corrected chi connectivity index (χ0v) is 27.0. The highest BCUT2D eigenvalue weighted by molar-refractivity contribution is 6.00. The first-order valence-corrected chi connectivity index (χ1v) is 16.7. The third-order valence-electron chi connectivity index (χ3n) is 10.4. The van der Waals surface area contributed by atoms with Gasteiger partial charge in [0, 0.05) is 48.7 Å². The zero-order chi connectivity index (χ0) is 32.5. The Hall–Kier alpha value is -5.16. The number of benzene rings is 2. The van der Waals surface area contributed by atoms with Gasteiger partial charge in [-0.25, -0.2) is 15.0 Å². The van der Waals surface area contributed by atoms with E-state index < -0.39 is 0 Å². The van der Waals surface area contributed by atoms with Crippen molar-refractivity contribution >= 4 is 28.0 Å². The van der Waals surface area contributed by atoms with E-state index in [0.717, 1.165) is 76.5 Å². The van der Waals surface area contributed by atoms with Gasteiger partial charge >= 0.3 is 0 Å². The van der Waals surface area contributed by atoms with Crippen molar-refractivity contribution in [3.8, 4) is 34.3 Å². The van der Waals surface area contributed by atoms with Crippen molar-refractivity contribution in [2.45, 2.75) is 50.9 Å². The van der Waals surface area contributed by atoms with Crippen LogP contribution in [0, 0.1) is 11.8 Å². The Kier molecular flexibility index (Phi) is 6.79. The number of nitrogens with two attached hydrogens (primary N) is 1. The molecule has 4 aromatic heterocycles. The number of ether oxygens (including phenoxy) is 2. The number of hydrogen-bond donors (Lipinski definition) is 1. The molecule has 11 nitrogen and oxygen atoms in total. The summed E-state index contributed by atoms with van der Waals surface area (Å²) >= 11 is 0. The number of nitrogens with zero attached hydrogens (tertiary/aromatic N) is 6. The SMILES string of the molecule is COc1cc(C(=O)N2CC3CCC2C3N)cc2nc(-c3cc4ccc(-c5ccc(OCc6ncco6)cc5)nc4n3CC3CC3)n(C)c12. The Morgan fingerprint density at radius 1 is 1.04 bits per heavy atom. The quantitative estimate of drug-likeness (QED) is 0.209. The lowest BCUT2D eigenvalue weighted by Crippen LogP contribution is -2.41. The molecule has 2 bridgehead atoms. The van der Waals surface area contributed by atoms with Crippen LogP contribution >= 0.6 is 0 Å². The van der Waals surface area contributed by atoms with Gasteiger partial charge in [-0.2, -0.15) is 0 Å². The molecule has 3 aliphatic rings. The van der Waals surface area contributed by atoms with Gasteiger partial charge in [0.2, 0.25) is 5.89 Å². The highest BCUT2D eigenvalue weighted by Gasteiger charge is 2.47. The van der Waals surface area contributed by atoms with Crippen molar-refractivity contribution in [3.05, 3.63) is 78.5 Å². The summed E-state index contributed by atoms with van der Waals surface area (Å²) in [5.41, 5.74) is 12.4. The lowest BCUT2D eigenvalue weighted by Gasteiger charge is -2.27. The second kappa shape index (κ2) is 11.2. The lowest BCUT2D eigenvalue weighted by molar-refractivity contribution is 0.0700. The number of carbonyl (C=O) groups excluding carboxylic acids is 1. The Bertz CT molecular complexity index is 2160. The number of amides is 1. The van der Waals surface area contributed by atoms with Gasteiger partial charge in [0.05, 0.1) is 30.2 Å². The van der Waals surface area contributed by atoms with Crippen molar-refractivity contribution in [1.82, 2.24) is 29.0 Å². The van der Waals surface area contributed by atoms with Crippen LogP contribution in [0.25, 0.3) is 44.8 Å². The summed E-state index contributed by atoms with van der Waals surface area (Å²) in [5.74, 6) is 3.70. The zero-order valence-electron chi connectivity index (χ0n) is 27.0. The van der Waals surface area contributed by atoms with Crippen LogP contribution in [-0.2, 0) is 20.2 Å². The Morgan fingerprint density at radius 2 is 1.90 bits per heavy atom. The molecule has 0 spiro atoms. The van der Waals surface area contributed by atoms with Crippen LogP contribution in [0.5, 0.6) is 11.5 Å². The van der Waals surface area contributed by atoms with E-state index >= 15 is 0 Å². The number of carbonyl (C=O) groups is 1. The number of methoxy groups -OCH3 is 1. The van der Waals surface area contributed by atoms with E-state index in [-0.39, 0.29) is 24.6 Å². The first kappa shape index (κ1) is 29.0. The summed E-state index contributed by atoms with van der Waals surface area (Å²) in [5, 5.41) is 1.05. The van der Waals surface area contributed by atoms with Crippen LogP contribution in [0.4, 0.5) is 0 Å². The van der Waals surface area contributed by atoms with Gasteiger partial charge in [0.15, 0.2) is 12.4 Å². The maximum Gasteiger partial charge on any atom is 0.254 e. The molecule has 9 rings (SSSR count). The second-order valence-corrected chi connectivity index (χ2v) is 13.4. The number of imidazole rings is 1. The molecule has 3 unspecified atom stereocenters. The largest absolute Gasteiger partial charge is 0.494 e. The number of piperidine rings is 1. The van der Waals surface area contributed by atoms with Crippen LogP contribution in [0.15, 0.2) is 71.5 Å². The van der Waals surface area contributed by atoms with Crippen LogP contribution in [0.2, 0.25) is 0 Å². The fraction of sp³-hybridized carbons (Fsp3) is 0.351. The number of likely N-dealkylation sites (tertiary alicyclic amines) is 1. The summed E-state index contributed by atoms with van der Waals surface area (Å²) < 4.78 is 21.4. The Balaban J connectivity index is 1.07. The number of pyridine rings is 1. The topological polar surface area (TPSA) is 126 Å². The molecule has 2 aliphatic carbocycles. The van der Waals surface area contributed by atoms with Crippen LogP contribution in [-0.4, -0.2) is 60.6 Å². The molecular weight excluding hydrogens is 606 g/mol. The van der Waals surface area contributed by atoms with E-state index in [4.69, 9.17) is 29.6 Å². The van der Waals surface area contributed by atoms with Gasteiger partial charge in [0.1, 0.15) is 28.9 Å². The average Bonchev–Trinajstić information content (AvgIpc) is 3.45. The van der Waals surface area contributed by atoms with E-state index in [1.54, 1.807) is 13.3 Å². The number of hydrogen-bond acceptors (Lipinski definition) is 8. The number of fused-ring (bicyclic) bond motifs is 4. The van der Waals surface area contributed by atoms with Crippen LogP contribution < -0.4 is 15.2 Å². The molecule has 3 fully saturated rings. The maximum absolute atomic E-state index is 13.8. The van der Waals surface area contributed by atoms with Gasteiger partial charge in [0.25, 0.3) is 5.91 Å². The summed E-state index contributed by atoms with van der Waals surface area (Å²) in [6, 6.07) is 18.2. The predicted molar refractivity (Wildman–Crippen MR) is 181 cm³/mol. The molecule has 2 aromatic carbocycles. The van der Waals surface area contributed by atoms with E-state index in [0.29, 0.717) is 29.0 Å². The molecule has 48 heavy (non-hydrogen) atoms. The first-order chi connectivity index (χ1) is 23.4. The standard InChI is InChI=1S/C37H37N7O4/c1-42-34-28(15-25(17-31(34)46-2)37(45)44-19-24-8-12-29(44)33(24)38)41-36(42)30-16-23-7-11-27(40-35(23)43(30)18-21-3-4-21)22-5-9-26(10-6-22)48-20-32-39-13-14-47-32/h5-7,9-11,13-17,21,24,29,33H,3-4,8,12,18-20,38H2,1-2H3. The third kappa shape index (κ3) is 4.83. The molecule has 2 N–H and O–H groups in total. The van der Waals surface area contributed by atoms with E-state index in [9.17, 15) is 4.79 Å². The second-order valence-electron chi connectivity index (χ2n) is 13.4. The first-order valence-electron chi connectivity index (χ1n) is 16.7. The average molecular weight is 644 g/mol. The van der Waals surface area contributed by atoms with E-state index in [2.05, 4.69) is 32.3 Å². The minimum atomic E-state index is -0.00115. The number of aromatic nitrogens is 5.